The molecule has 1 aliphatic carbocycles. The maximum absolute atomic E-state index is 14.2. The van der Waals surface area contributed by atoms with Crippen molar-refractivity contribution in [1.29, 1.82) is 0 Å². The lowest BCUT2D eigenvalue weighted by Gasteiger charge is -2.37. The van der Waals surface area contributed by atoms with Crippen LogP contribution in [0.2, 0.25) is 0 Å². The molecular formula is C19H16FNO2. The fraction of sp³-hybridized carbons (Fsp3) is 0.211. The van der Waals surface area contributed by atoms with Crippen LogP contribution in [0.25, 0.3) is 0 Å². The third-order valence-electron chi connectivity index (χ3n) is 4.86. The minimum Gasteiger partial charge on any atom is -0.478 e. The fourth-order valence-corrected chi connectivity index (χ4v) is 3.75. The molecule has 116 valence electrons. The Labute approximate surface area is 133 Å². The van der Waals surface area contributed by atoms with Gasteiger partial charge in [-0.2, -0.15) is 0 Å². The largest absolute Gasteiger partial charge is 0.478 e. The van der Waals surface area contributed by atoms with Gasteiger partial charge in [-0.25, -0.2) is 9.18 Å². The molecule has 0 aromatic heterocycles. The van der Waals surface area contributed by atoms with Crippen molar-refractivity contribution in [2.75, 3.05) is 5.32 Å². The number of hydrogen-bond donors (Lipinski definition) is 2. The highest BCUT2D eigenvalue weighted by molar-refractivity contribution is 5.87. The molecule has 0 radical (unpaired) electrons. The Morgan fingerprint density at radius 1 is 1.17 bits per heavy atom. The fourth-order valence-electron chi connectivity index (χ4n) is 3.75. The number of benzene rings is 2. The monoisotopic (exact) mass is 309 g/mol. The molecule has 0 spiro atoms. The predicted molar refractivity (Wildman–Crippen MR) is 86.2 cm³/mol. The van der Waals surface area contributed by atoms with Crippen molar-refractivity contribution in [3.05, 3.63) is 77.1 Å². The first kappa shape index (κ1) is 14.0. The molecule has 23 heavy (non-hydrogen) atoms. The highest BCUT2D eigenvalue weighted by Gasteiger charge is 2.38. The van der Waals surface area contributed by atoms with Crippen LogP contribution in [0.15, 0.2) is 54.6 Å². The Morgan fingerprint density at radius 2 is 1.96 bits per heavy atom. The smallest absolute Gasteiger partial charge is 0.335 e. The van der Waals surface area contributed by atoms with Crippen molar-refractivity contribution in [2.24, 2.45) is 5.92 Å². The van der Waals surface area contributed by atoms with Crippen LogP contribution in [-0.4, -0.2) is 11.1 Å². The number of carbonyl (C=O) groups is 1. The molecule has 4 heteroatoms. The number of anilines is 1. The number of halogens is 1. The Bertz CT molecular complexity index is 798. The molecule has 1 heterocycles. The summed E-state index contributed by atoms with van der Waals surface area (Å²) in [5, 5.41) is 12.4. The Kier molecular flexibility index (Phi) is 3.18. The molecule has 1 aliphatic heterocycles. The van der Waals surface area contributed by atoms with Gasteiger partial charge < -0.3 is 10.4 Å². The summed E-state index contributed by atoms with van der Waals surface area (Å²) < 4.78 is 14.2. The van der Waals surface area contributed by atoms with Crippen LogP contribution < -0.4 is 5.32 Å². The second kappa shape index (κ2) is 5.23. The van der Waals surface area contributed by atoms with Gasteiger partial charge in [0.05, 0.1) is 17.3 Å². The lowest BCUT2D eigenvalue weighted by Crippen LogP contribution is -2.29. The highest BCUT2D eigenvalue weighted by atomic mass is 19.1. The summed E-state index contributed by atoms with van der Waals surface area (Å²) in [6, 6.07) is 12.0. The first-order valence-corrected chi connectivity index (χ1v) is 7.70. The van der Waals surface area contributed by atoms with Gasteiger partial charge in [-0.3, -0.25) is 0 Å². The zero-order valence-corrected chi connectivity index (χ0v) is 12.4. The zero-order valence-electron chi connectivity index (χ0n) is 12.4. The third-order valence-corrected chi connectivity index (χ3v) is 4.86. The molecule has 0 saturated heterocycles. The van der Waals surface area contributed by atoms with Gasteiger partial charge in [-0.15, -0.1) is 0 Å². The number of aromatic carboxylic acids is 1. The van der Waals surface area contributed by atoms with Crippen LogP contribution in [0.3, 0.4) is 0 Å². The molecule has 4 rings (SSSR count). The van der Waals surface area contributed by atoms with E-state index < -0.39 is 5.97 Å². The first-order valence-electron chi connectivity index (χ1n) is 7.70. The van der Waals surface area contributed by atoms with Crippen molar-refractivity contribution in [2.45, 2.75) is 18.4 Å². The lowest BCUT2D eigenvalue weighted by molar-refractivity contribution is 0.0697. The van der Waals surface area contributed by atoms with E-state index in [1.807, 2.05) is 18.2 Å². The summed E-state index contributed by atoms with van der Waals surface area (Å²) in [5.74, 6) is -0.663. The summed E-state index contributed by atoms with van der Waals surface area (Å²) >= 11 is 0. The topological polar surface area (TPSA) is 49.3 Å². The van der Waals surface area contributed by atoms with E-state index in [2.05, 4.69) is 17.5 Å². The summed E-state index contributed by atoms with van der Waals surface area (Å²) in [7, 11) is 0. The number of fused-ring (bicyclic) bond motifs is 3. The Hall–Kier alpha value is -2.62. The maximum atomic E-state index is 14.2. The lowest BCUT2D eigenvalue weighted by atomic mass is 9.77. The molecule has 3 nitrogen and oxygen atoms in total. The number of para-hydroxylation sites is 1. The number of rotatable bonds is 2. The van der Waals surface area contributed by atoms with Crippen molar-refractivity contribution < 1.29 is 14.3 Å². The number of hydrogen-bond acceptors (Lipinski definition) is 2. The van der Waals surface area contributed by atoms with E-state index in [9.17, 15) is 9.18 Å². The number of nitrogens with one attached hydrogen (secondary N) is 1. The van der Waals surface area contributed by atoms with Gasteiger partial charge >= 0.3 is 5.97 Å². The van der Waals surface area contributed by atoms with E-state index in [1.54, 1.807) is 18.2 Å². The van der Waals surface area contributed by atoms with Crippen LogP contribution in [0.4, 0.5) is 10.1 Å². The van der Waals surface area contributed by atoms with E-state index in [4.69, 9.17) is 5.11 Å². The number of carboxylic acid groups (broad SMARTS) is 1. The van der Waals surface area contributed by atoms with Crippen LogP contribution in [0, 0.1) is 11.7 Å². The average molecular weight is 309 g/mol. The van der Waals surface area contributed by atoms with Gasteiger partial charge in [0, 0.05) is 5.92 Å². The molecule has 0 fully saturated rings. The molecule has 0 saturated carbocycles. The molecule has 2 aliphatic rings. The van der Waals surface area contributed by atoms with Crippen LogP contribution in [0.1, 0.15) is 39.9 Å². The Balaban J connectivity index is 1.75. The quantitative estimate of drug-likeness (QED) is 0.811. The van der Waals surface area contributed by atoms with E-state index >= 15 is 0 Å². The first-order chi connectivity index (χ1) is 11.1. The maximum Gasteiger partial charge on any atom is 0.335 e. The SMILES string of the molecule is O=C(O)c1ccc([C@@H]2Nc3c(F)cccc3[C@@H]3C=CC[C@H]32)cc1. The van der Waals surface area contributed by atoms with Gasteiger partial charge in [0.25, 0.3) is 0 Å². The molecule has 2 N–H and O–H groups in total. The van der Waals surface area contributed by atoms with Crippen molar-refractivity contribution in [3.63, 3.8) is 0 Å². The second-order valence-electron chi connectivity index (χ2n) is 6.11. The van der Waals surface area contributed by atoms with Crippen LogP contribution in [-0.2, 0) is 0 Å². The average Bonchev–Trinajstić information content (AvgIpc) is 3.04. The van der Waals surface area contributed by atoms with Gasteiger partial charge in [-0.05, 0) is 41.7 Å². The van der Waals surface area contributed by atoms with Gasteiger partial charge in [0.1, 0.15) is 5.82 Å². The normalized spacial score (nSPS) is 24.7. The number of carboxylic acids is 1. The van der Waals surface area contributed by atoms with E-state index in [1.165, 1.54) is 6.07 Å². The minimum absolute atomic E-state index is 0.0257. The molecule has 0 bridgehead atoms. The number of allylic oxidation sites excluding steroid dienone is 2. The molecule has 2 aromatic rings. The molecule has 3 atom stereocenters. The molecule has 0 amide bonds. The summed E-state index contributed by atoms with van der Waals surface area (Å²) in [4.78, 5) is 11.0. The van der Waals surface area contributed by atoms with E-state index in [0.717, 1.165) is 17.5 Å². The Morgan fingerprint density at radius 3 is 2.70 bits per heavy atom. The van der Waals surface area contributed by atoms with Gasteiger partial charge in [-0.1, -0.05) is 36.4 Å². The molecule has 0 unspecified atom stereocenters. The van der Waals surface area contributed by atoms with Gasteiger partial charge in [0.15, 0.2) is 0 Å². The van der Waals surface area contributed by atoms with E-state index in [-0.39, 0.29) is 23.3 Å². The third kappa shape index (κ3) is 2.22. The predicted octanol–water partition coefficient (Wildman–Crippen LogP) is 4.35. The summed E-state index contributed by atoms with van der Waals surface area (Å²) in [6.07, 6.45) is 5.23. The molecular weight excluding hydrogens is 293 g/mol. The second-order valence-corrected chi connectivity index (χ2v) is 6.11. The molecule has 2 aromatic carbocycles. The highest BCUT2D eigenvalue weighted by Crippen LogP contribution is 2.50. The van der Waals surface area contributed by atoms with Crippen molar-refractivity contribution >= 4 is 11.7 Å². The minimum atomic E-state index is -0.940. The summed E-state index contributed by atoms with van der Waals surface area (Å²) in [5.41, 5.74) is 2.81. The van der Waals surface area contributed by atoms with Crippen LogP contribution >= 0.6 is 0 Å². The summed E-state index contributed by atoms with van der Waals surface area (Å²) in [6.45, 7) is 0. The zero-order chi connectivity index (χ0) is 16.0. The van der Waals surface area contributed by atoms with Crippen molar-refractivity contribution in [3.8, 4) is 0 Å². The van der Waals surface area contributed by atoms with Crippen LogP contribution in [0.5, 0.6) is 0 Å². The van der Waals surface area contributed by atoms with E-state index in [0.29, 0.717) is 11.6 Å². The van der Waals surface area contributed by atoms with Gasteiger partial charge in [0.2, 0.25) is 0 Å². The van der Waals surface area contributed by atoms with Crippen molar-refractivity contribution in [1.82, 2.24) is 0 Å². The standard InChI is InChI=1S/C19H16FNO2/c20-16-6-2-5-15-13-3-1-4-14(13)17(21-18(15)16)11-7-9-12(10-8-11)19(22)23/h1-3,5-10,13-14,17,21H,4H2,(H,22,23)/t13-,14-,17+/m1/s1.